The Balaban J connectivity index is 1.59. The molecule has 0 aliphatic heterocycles. The summed E-state index contributed by atoms with van der Waals surface area (Å²) in [6.07, 6.45) is 0. The molecule has 3 rings (SSSR count). The van der Waals surface area contributed by atoms with Gasteiger partial charge >= 0.3 is 0 Å². The minimum atomic E-state index is -0.594. The van der Waals surface area contributed by atoms with Crippen LogP contribution < -0.4 is 10.8 Å². The number of hydrogen-bond donors (Lipinski definition) is 3. The number of nitrogens with one attached hydrogen (secondary N) is 2. The Labute approximate surface area is 153 Å². The van der Waals surface area contributed by atoms with E-state index in [2.05, 4.69) is 17.2 Å². The predicted octanol–water partition coefficient (Wildman–Crippen LogP) is 2.99. The molecule has 130 valence electrons. The molecule has 0 bridgehead atoms. The number of hydrogen-bond acceptors (Lipinski definition) is 4. The van der Waals surface area contributed by atoms with Crippen LogP contribution in [0, 0.1) is 11.8 Å². The molecule has 3 aromatic rings. The molecule has 0 aliphatic carbocycles. The second kappa shape index (κ2) is 7.74. The Morgan fingerprint density at radius 3 is 2.58 bits per heavy atom. The minimum absolute atomic E-state index is 0.134. The summed E-state index contributed by atoms with van der Waals surface area (Å²) in [7, 11) is 0. The third kappa shape index (κ3) is 4.03. The Hall–Kier alpha value is -3.27. The summed E-state index contributed by atoms with van der Waals surface area (Å²) in [6, 6.07) is 13.1. The van der Waals surface area contributed by atoms with Gasteiger partial charge in [-0.2, -0.15) is 0 Å². The molecule has 1 heterocycles. The lowest BCUT2D eigenvalue weighted by molar-refractivity contribution is 0.0706. The van der Waals surface area contributed by atoms with Crippen molar-refractivity contribution in [2.45, 2.75) is 0 Å². The van der Waals surface area contributed by atoms with E-state index in [9.17, 15) is 9.59 Å². The van der Waals surface area contributed by atoms with Gasteiger partial charge < -0.3 is 9.73 Å². The SMILES string of the molecule is O=C(NO)c1ccc(C#CCNC(=O)c2cc3cc(Cl)ccc3o2)cc1. The van der Waals surface area contributed by atoms with Crippen LogP contribution in [0.2, 0.25) is 5.02 Å². The zero-order valence-electron chi connectivity index (χ0n) is 13.4. The summed E-state index contributed by atoms with van der Waals surface area (Å²) in [5, 5.41) is 12.5. The van der Waals surface area contributed by atoms with Gasteiger partial charge in [-0.3, -0.25) is 14.8 Å². The van der Waals surface area contributed by atoms with Gasteiger partial charge in [0.2, 0.25) is 0 Å². The van der Waals surface area contributed by atoms with Crippen LogP contribution in [0.3, 0.4) is 0 Å². The number of furan rings is 1. The normalized spacial score (nSPS) is 10.1. The van der Waals surface area contributed by atoms with E-state index in [0.29, 0.717) is 21.7 Å². The molecule has 1 aromatic heterocycles. The molecule has 7 heteroatoms. The first-order chi connectivity index (χ1) is 12.6. The third-order valence-electron chi connectivity index (χ3n) is 3.52. The number of carbonyl (C=O) groups is 2. The molecule has 2 aromatic carbocycles. The fourth-order valence-electron chi connectivity index (χ4n) is 2.25. The summed E-state index contributed by atoms with van der Waals surface area (Å²) in [5.41, 5.74) is 3.13. The first-order valence-electron chi connectivity index (χ1n) is 7.57. The quantitative estimate of drug-likeness (QED) is 0.376. The highest BCUT2D eigenvalue weighted by atomic mass is 35.5. The number of carbonyl (C=O) groups excluding carboxylic acids is 2. The first kappa shape index (κ1) is 17.5. The molecule has 0 atom stereocenters. The van der Waals surface area contributed by atoms with Crippen molar-refractivity contribution < 1.29 is 19.2 Å². The molecule has 26 heavy (non-hydrogen) atoms. The molecular formula is C19H13ClN2O4. The predicted molar refractivity (Wildman–Crippen MR) is 96.1 cm³/mol. The zero-order chi connectivity index (χ0) is 18.5. The van der Waals surface area contributed by atoms with Crippen molar-refractivity contribution in [2.75, 3.05) is 6.54 Å². The molecule has 0 aliphatic rings. The molecule has 0 saturated heterocycles. The first-order valence-corrected chi connectivity index (χ1v) is 7.95. The Morgan fingerprint density at radius 1 is 1.08 bits per heavy atom. The van der Waals surface area contributed by atoms with Crippen molar-refractivity contribution in [1.29, 1.82) is 0 Å². The number of benzene rings is 2. The van der Waals surface area contributed by atoms with Crippen LogP contribution in [-0.2, 0) is 0 Å². The van der Waals surface area contributed by atoms with Crippen LogP contribution in [0.25, 0.3) is 11.0 Å². The van der Waals surface area contributed by atoms with Gasteiger partial charge in [-0.1, -0.05) is 23.4 Å². The fourth-order valence-corrected chi connectivity index (χ4v) is 2.43. The maximum absolute atomic E-state index is 12.1. The van der Waals surface area contributed by atoms with Crippen LogP contribution in [0.1, 0.15) is 26.5 Å². The van der Waals surface area contributed by atoms with Gasteiger partial charge in [0.05, 0.1) is 6.54 Å². The lowest BCUT2D eigenvalue weighted by Gasteiger charge is -1.98. The molecule has 0 fully saturated rings. The summed E-state index contributed by atoms with van der Waals surface area (Å²) in [4.78, 5) is 23.3. The summed E-state index contributed by atoms with van der Waals surface area (Å²) < 4.78 is 5.47. The van der Waals surface area contributed by atoms with E-state index >= 15 is 0 Å². The zero-order valence-corrected chi connectivity index (χ0v) is 14.1. The van der Waals surface area contributed by atoms with Crippen molar-refractivity contribution in [2.24, 2.45) is 0 Å². The van der Waals surface area contributed by atoms with Crippen molar-refractivity contribution in [1.82, 2.24) is 10.8 Å². The standard InChI is InChI=1S/C19H13ClN2O4/c20-15-7-8-16-14(10-15)11-17(26-16)19(24)21-9-1-2-12-3-5-13(6-4-12)18(23)22-25/h3-8,10-11,25H,9H2,(H,21,24)(H,22,23). The summed E-state index contributed by atoms with van der Waals surface area (Å²) >= 11 is 5.91. The summed E-state index contributed by atoms with van der Waals surface area (Å²) in [5.74, 6) is 4.89. The largest absolute Gasteiger partial charge is 0.451 e. The lowest BCUT2D eigenvalue weighted by Crippen LogP contribution is -2.22. The van der Waals surface area contributed by atoms with Crippen LogP contribution in [-0.4, -0.2) is 23.6 Å². The van der Waals surface area contributed by atoms with E-state index in [1.807, 2.05) is 0 Å². The van der Waals surface area contributed by atoms with Crippen LogP contribution in [0.5, 0.6) is 0 Å². The maximum Gasteiger partial charge on any atom is 0.287 e. The molecule has 6 nitrogen and oxygen atoms in total. The van der Waals surface area contributed by atoms with Gasteiger partial charge in [0.15, 0.2) is 5.76 Å². The topological polar surface area (TPSA) is 91.6 Å². The molecule has 2 amide bonds. The van der Waals surface area contributed by atoms with E-state index in [1.54, 1.807) is 41.9 Å². The molecule has 0 unspecified atom stereocenters. The summed E-state index contributed by atoms with van der Waals surface area (Å²) in [6.45, 7) is 0.134. The molecule has 0 saturated carbocycles. The van der Waals surface area contributed by atoms with E-state index in [-0.39, 0.29) is 18.2 Å². The molecule has 0 spiro atoms. The van der Waals surface area contributed by atoms with Crippen molar-refractivity contribution >= 4 is 34.4 Å². The van der Waals surface area contributed by atoms with Gasteiger partial charge in [-0.15, -0.1) is 0 Å². The third-order valence-corrected chi connectivity index (χ3v) is 3.76. The van der Waals surface area contributed by atoms with Gasteiger partial charge in [-0.25, -0.2) is 5.48 Å². The van der Waals surface area contributed by atoms with Gasteiger partial charge in [-0.05, 0) is 48.5 Å². The van der Waals surface area contributed by atoms with Crippen molar-refractivity contribution in [3.05, 3.63) is 70.4 Å². The lowest BCUT2D eigenvalue weighted by atomic mass is 10.1. The number of rotatable bonds is 3. The highest BCUT2D eigenvalue weighted by Gasteiger charge is 2.11. The molecule has 0 radical (unpaired) electrons. The molecular weight excluding hydrogens is 356 g/mol. The average Bonchev–Trinajstić information content (AvgIpc) is 3.08. The number of fused-ring (bicyclic) bond motifs is 1. The van der Waals surface area contributed by atoms with Crippen LogP contribution in [0.4, 0.5) is 0 Å². The Morgan fingerprint density at radius 2 is 1.85 bits per heavy atom. The minimum Gasteiger partial charge on any atom is -0.451 e. The van der Waals surface area contributed by atoms with E-state index in [4.69, 9.17) is 21.2 Å². The van der Waals surface area contributed by atoms with Gasteiger partial charge in [0.1, 0.15) is 5.58 Å². The van der Waals surface area contributed by atoms with Crippen LogP contribution >= 0.6 is 11.6 Å². The van der Waals surface area contributed by atoms with Gasteiger partial charge in [0, 0.05) is 21.5 Å². The van der Waals surface area contributed by atoms with E-state index in [1.165, 1.54) is 12.1 Å². The van der Waals surface area contributed by atoms with Gasteiger partial charge in [0.25, 0.3) is 11.8 Å². The smallest absolute Gasteiger partial charge is 0.287 e. The fraction of sp³-hybridized carbons (Fsp3) is 0.0526. The monoisotopic (exact) mass is 368 g/mol. The second-order valence-electron chi connectivity index (χ2n) is 5.30. The highest BCUT2D eigenvalue weighted by molar-refractivity contribution is 6.31. The van der Waals surface area contributed by atoms with Crippen LogP contribution in [0.15, 0.2) is 52.9 Å². The van der Waals surface area contributed by atoms with E-state index < -0.39 is 5.91 Å². The van der Waals surface area contributed by atoms with E-state index in [0.717, 1.165) is 5.39 Å². The average molecular weight is 369 g/mol. The van der Waals surface area contributed by atoms with Crippen molar-refractivity contribution in [3.8, 4) is 11.8 Å². The number of hydroxylamine groups is 1. The van der Waals surface area contributed by atoms with Crippen molar-refractivity contribution in [3.63, 3.8) is 0 Å². The highest BCUT2D eigenvalue weighted by Crippen LogP contribution is 2.22. The maximum atomic E-state index is 12.1. The second-order valence-corrected chi connectivity index (χ2v) is 5.73. The number of halogens is 1. The number of amides is 2. The molecule has 3 N–H and O–H groups in total. The Kier molecular flexibility index (Phi) is 5.23. The Bertz CT molecular complexity index is 1030.